The molecule has 0 spiro atoms. The smallest absolute Gasteiger partial charge is 0.131 e. The molecule has 1 aromatic heterocycles. The molecule has 184 valence electrons. The minimum absolute atomic E-state index is 0.217. The summed E-state index contributed by atoms with van der Waals surface area (Å²) in [6.07, 6.45) is 17.1. The number of allylic oxidation sites excluding steroid dienone is 2. The van der Waals surface area contributed by atoms with Gasteiger partial charge in [0, 0.05) is 36.5 Å². The summed E-state index contributed by atoms with van der Waals surface area (Å²) in [5, 5.41) is 0. The van der Waals surface area contributed by atoms with E-state index in [-0.39, 0.29) is 5.82 Å². The molecule has 1 atom stereocenters. The van der Waals surface area contributed by atoms with Crippen LogP contribution in [0, 0.1) is 5.82 Å². The van der Waals surface area contributed by atoms with Crippen LogP contribution in [0.4, 0.5) is 4.39 Å². The first-order valence-electron chi connectivity index (χ1n) is 12.7. The van der Waals surface area contributed by atoms with Gasteiger partial charge in [0.1, 0.15) is 11.6 Å². The summed E-state index contributed by atoms with van der Waals surface area (Å²) in [7, 11) is 0. The van der Waals surface area contributed by atoms with Gasteiger partial charge in [-0.3, -0.25) is 0 Å². The van der Waals surface area contributed by atoms with E-state index in [2.05, 4.69) is 36.5 Å². The van der Waals surface area contributed by atoms with Gasteiger partial charge in [-0.1, -0.05) is 74.4 Å². The average Bonchev–Trinajstić information content (AvgIpc) is 2.87. The molecule has 2 aromatic carbocycles. The Bertz CT molecular complexity index is 1070. The molecular weight excluding hydrogens is 435 g/mol. The van der Waals surface area contributed by atoms with Gasteiger partial charge in [-0.15, -0.1) is 6.58 Å². The van der Waals surface area contributed by atoms with Crippen LogP contribution in [0.15, 0.2) is 73.6 Å². The van der Waals surface area contributed by atoms with Gasteiger partial charge in [0.25, 0.3) is 0 Å². The third kappa shape index (κ3) is 8.56. The van der Waals surface area contributed by atoms with Gasteiger partial charge in [0.15, 0.2) is 0 Å². The Morgan fingerprint density at radius 2 is 1.71 bits per heavy atom. The molecule has 0 N–H and O–H groups in total. The zero-order chi connectivity index (χ0) is 24.9. The second-order valence-corrected chi connectivity index (χ2v) is 8.92. The Hall–Kier alpha value is -3.11. The van der Waals surface area contributed by atoms with Crippen molar-refractivity contribution in [3.8, 4) is 22.3 Å². The van der Waals surface area contributed by atoms with Crippen molar-refractivity contribution in [3.05, 3.63) is 90.8 Å². The van der Waals surface area contributed by atoms with Crippen LogP contribution in [-0.4, -0.2) is 22.7 Å². The van der Waals surface area contributed by atoms with E-state index >= 15 is 0 Å². The molecule has 0 aliphatic rings. The Balaban J connectivity index is 1.51. The summed E-state index contributed by atoms with van der Waals surface area (Å²) in [5.41, 5.74) is 4.25. The first-order chi connectivity index (χ1) is 17.1. The average molecular weight is 473 g/mol. The van der Waals surface area contributed by atoms with Crippen molar-refractivity contribution in [1.29, 1.82) is 0 Å². The fourth-order valence-corrected chi connectivity index (χ4v) is 3.91. The highest BCUT2D eigenvalue weighted by atomic mass is 19.1. The molecule has 3 nitrogen and oxygen atoms in total. The Morgan fingerprint density at radius 1 is 0.971 bits per heavy atom. The van der Waals surface area contributed by atoms with E-state index in [1.165, 1.54) is 12.8 Å². The molecule has 3 aromatic rings. The number of rotatable bonds is 14. The Labute approximate surface area is 209 Å². The van der Waals surface area contributed by atoms with Crippen LogP contribution < -0.4 is 0 Å². The molecule has 0 aliphatic heterocycles. The minimum atomic E-state index is -0.217. The zero-order valence-electron chi connectivity index (χ0n) is 21.1. The van der Waals surface area contributed by atoms with E-state index in [0.29, 0.717) is 18.1 Å². The lowest BCUT2D eigenvalue weighted by Crippen LogP contribution is -2.08. The highest BCUT2D eigenvalue weighted by Gasteiger charge is 2.07. The van der Waals surface area contributed by atoms with Crippen molar-refractivity contribution in [2.24, 2.45) is 0 Å². The summed E-state index contributed by atoms with van der Waals surface area (Å²) in [4.78, 5) is 8.71. The van der Waals surface area contributed by atoms with Gasteiger partial charge in [-0.25, -0.2) is 14.4 Å². The molecule has 0 saturated heterocycles. The lowest BCUT2D eigenvalue weighted by molar-refractivity contribution is 0.0566. The molecule has 1 unspecified atom stereocenters. The van der Waals surface area contributed by atoms with Crippen molar-refractivity contribution in [2.75, 3.05) is 6.61 Å². The van der Waals surface area contributed by atoms with Crippen LogP contribution in [0.3, 0.4) is 0 Å². The quantitative estimate of drug-likeness (QED) is 0.174. The number of ether oxygens (including phenoxy) is 1. The van der Waals surface area contributed by atoms with Crippen molar-refractivity contribution in [2.45, 2.75) is 64.9 Å². The standard InChI is InChI=1S/C31H37FN2O/c1-4-6-10-20-35-24(3)12-8-7-9-13-25-14-19-29(30(32)21-25)27-17-15-26(16-18-27)28-22-33-31(11-5-2)34-23-28/h5,9,13-19,21-24H,2,4,6-8,10-12,20H2,1,3H3. The third-order valence-electron chi connectivity index (χ3n) is 6.00. The number of hydrogen-bond acceptors (Lipinski definition) is 3. The molecule has 3 rings (SSSR count). The van der Waals surface area contributed by atoms with Crippen LogP contribution in [0.2, 0.25) is 0 Å². The Kier molecular flexibility index (Phi) is 10.8. The van der Waals surface area contributed by atoms with E-state index < -0.39 is 0 Å². The second-order valence-electron chi connectivity index (χ2n) is 8.92. The maximum atomic E-state index is 14.9. The molecular formula is C31H37FN2O. The normalized spacial score (nSPS) is 12.2. The maximum Gasteiger partial charge on any atom is 0.131 e. The first kappa shape index (κ1) is 26.5. The summed E-state index contributed by atoms with van der Waals surface area (Å²) in [6.45, 7) is 8.91. The molecule has 0 radical (unpaired) electrons. The predicted molar refractivity (Wildman–Crippen MR) is 145 cm³/mol. The van der Waals surface area contributed by atoms with E-state index in [9.17, 15) is 4.39 Å². The van der Waals surface area contributed by atoms with Gasteiger partial charge in [-0.05, 0) is 55.4 Å². The number of unbranched alkanes of at least 4 members (excludes halogenated alkanes) is 3. The number of halogens is 1. The van der Waals surface area contributed by atoms with Crippen molar-refractivity contribution in [1.82, 2.24) is 9.97 Å². The van der Waals surface area contributed by atoms with Crippen molar-refractivity contribution >= 4 is 6.08 Å². The van der Waals surface area contributed by atoms with E-state index in [1.807, 2.05) is 54.9 Å². The zero-order valence-corrected chi connectivity index (χ0v) is 21.1. The molecule has 1 heterocycles. The number of aromatic nitrogens is 2. The monoisotopic (exact) mass is 472 g/mol. The van der Waals surface area contributed by atoms with Gasteiger partial charge in [0.2, 0.25) is 0 Å². The maximum absolute atomic E-state index is 14.9. The number of nitrogens with zero attached hydrogens (tertiary/aromatic N) is 2. The van der Waals surface area contributed by atoms with Crippen molar-refractivity contribution < 1.29 is 9.13 Å². The van der Waals surface area contributed by atoms with Gasteiger partial charge < -0.3 is 4.74 Å². The van der Waals surface area contributed by atoms with Gasteiger partial charge in [0.05, 0.1) is 6.10 Å². The van der Waals surface area contributed by atoms with Crippen LogP contribution in [0.5, 0.6) is 0 Å². The summed E-state index contributed by atoms with van der Waals surface area (Å²) in [5.74, 6) is 0.532. The SMILES string of the molecule is C=CCc1ncc(-c2ccc(-c3ccc(C=CCCCC(C)OCCCCC)cc3F)cc2)cn1. The topological polar surface area (TPSA) is 35.0 Å². The molecule has 35 heavy (non-hydrogen) atoms. The third-order valence-corrected chi connectivity index (χ3v) is 6.00. The minimum Gasteiger partial charge on any atom is -0.379 e. The van der Waals surface area contributed by atoms with E-state index in [0.717, 1.165) is 60.4 Å². The van der Waals surface area contributed by atoms with Crippen LogP contribution in [-0.2, 0) is 11.2 Å². The number of hydrogen-bond donors (Lipinski definition) is 0. The van der Waals surface area contributed by atoms with Crippen LogP contribution in [0.1, 0.15) is 63.8 Å². The number of benzene rings is 2. The lowest BCUT2D eigenvalue weighted by Gasteiger charge is -2.12. The molecule has 0 fully saturated rings. The summed E-state index contributed by atoms with van der Waals surface area (Å²) < 4.78 is 20.7. The summed E-state index contributed by atoms with van der Waals surface area (Å²) in [6, 6.07) is 13.2. The molecule has 0 amide bonds. The largest absolute Gasteiger partial charge is 0.379 e. The summed E-state index contributed by atoms with van der Waals surface area (Å²) >= 11 is 0. The lowest BCUT2D eigenvalue weighted by atomic mass is 10.00. The molecule has 0 bridgehead atoms. The van der Waals surface area contributed by atoms with E-state index in [4.69, 9.17) is 4.74 Å². The fourth-order valence-electron chi connectivity index (χ4n) is 3.91. The van der Waals surface area contributed by atoms with Crippen LogP contribution in [0.25, 0.3) is 28.3 Å². The highest BCUT2D eigenvalue weighted by Crippen LogP contribution is 2.27. The first-order valence-corrected chi connectivity index (χ1v) is 12.7. The van der Waals surface area contributed by atoms with Crippen LogP contribution >= 0.6 is 0 Å². The van der Waals surface area contributed by atoms with E-state index in [1.54, 1.807) is 12.1 Å². The second kappa shape index (κ2) is 14.3. The Morgan fingerprint density at radius 3 is 2.40 bits per heavy atom. The fraction of sp³-hybridized carbons (Fsp3) is 0.355. The van der Waals surface area contributed by atoms with Gasteiger partial charge in [-0.2, -0.15) is 0 Å². The molecule has 4 heteroatoms. The van der Waals surface area contributed by atoms with Crippen molar-refractivity contribution in [3.63, 3.8) is 0 Å². The molecule has 0 saturated carbocycles. The molecule has 0 aliphatic carbocycles. The highest BCUT2D eigenvalue weighted by molar-refractivity contribution is 5.71. The van der Waals surface area contributed by atoms with Gasteiger partial charge >= 0.3 is 0 Å². The predicted octanol–water partition coefficient (Wildman–Crippen LogP) is 8.46.